The molecule has 0 spiro atoms. The lowest BCUT2D eigenvalue weighted by Gasteiger charge is -2.00. The molecule has 0 saturated heterocycles. The number of carbonyl (C=O) groups is 1. The Labute approximate surface area is 102 Å². The van der Waals surface area contributed by atoms with E-state index in [0.717, 1.165) is 0 Å². The fourth-order valence-corrected chi connectivity index (χ4v) is 1.69. The topological polar surface area (TPSA) is 80.4 Å². The minimum absolute atomic E-state index is 0.134. The van der Waals surface area contributed by atoms with Crippen molar-refractivity contribution in [2.45, 2.75) is 0 Å². The molecule has 0 amide bonds. The average Bonchev–Trinajstić information content (AvgIpc) is 2.82. The maximum absolute atomic E-state index is 10.9. The van der Waals surface area contributed by atoms with E-state index in [-0.39, 0.29) is 5.56 Å². The summed E-state index contributed by atoms with van der Waals surface area (Å²) in [5.74, 6) is -1.02. The van der Waals surface area contributed by atoms with Gasteiger partial charge >= 0.3 is 5.97 Å². The van der Waals surface area contributed by atoms with Crippen LogP contribution in [0.15, 0.2) is 43.0 Å². The molecule has 88 valence electrons. The minimum atomic E-state index is -1.02. The van der Waals surface area contributed by atoms with Crippen LogP contribution in [0.2, 0.25) is 0 Å². The van der Waals surface area contributed by atoms with Crippen LogP contribution >= 0.6 is 0 Å². The normalized spacial score (nSPS) is 10.7. The molecule has 0 bridgehead atoms. The van der Waals surface area contributed by atoms with Crippen LogP contribution < -0.4 is 0 Å². The molecule has 3 aromatic heterocycles. The maximum atomic E-state index is 10.9. The van der Waals surface area contributed by atoms with Crippen LogP contribution in [-0.4, -0.2) is 30.7 Å². The summed E-state index contributed by atoms with van der Waals surface area (Å²) in [6.45, 7) is 0. The van der Waals surface area contributed by atoms with Crippen LogP contribution in [0.4, 0.5) is 0 Å². The number of hydrogen-bond acceptors (Lipinski definition) is 4. The van der Waals surface area contributed by atoms with Crippen LogP contribution in [0.3, 0.4) is 0 Å². The average molecular weight is 240 g/mol. The Balaban J connectivity index is 2.16. The van der Waals surface area contributed by atoms with Crippen LogP contribution in [0.25, 0.3) is 16.9 Å². The van der Waals surface area contributed by atoms with E-state index < -0.39 is 5.97 Å². The van der Waals surface area contributed by atoms with Gasteiger partial charge in [0.1, 0.15) is 11.3 Å². The fraction of sp³-hybridized carbons (Fsp3) is 0. The third-order valence-electron chi connectivity index (χ3n) is 2.56. The molecule has 0 aliphatic carbocycles. The van der Waals surface area contributed by atoms with Gasteiger partial charge in [0, 0.05) is 6.20 Å². The molecule has 3 rings (SSSR count). The summed E-state index contributed by atoms with van der Waals surface area (Å²) < 4.78 is 1.49. The zero-order valence-electron chi connectivity index (χ0n) is 9.19. The summed E-state index contributed by atoms with van der Waals surface area (Å²) in [7, 11) is 0. The number of aromatic nitrogens is 4. The Bertz CT molecular complexity index is 721. The van der Waals surface area contributed by atoms with E-state index in [1.807, 2.05) is 18.2 Å². The van der Waals surface area contributed by atoms with Crippen molar-refractivity contribution < 1.29 is 9.90 Å². The third kappa shape index (κ3) is 1.60. The van der Waals surface area contributed by atoms with E-state index in [4.69, 9.17) is 5.11 Å². The first-order chi connectivity index (χ1) is 8.75. The van der Waals surface area contributed by atoms with Crippen molar-refractivity contribution in [2.24, 2.45) is 0 Å². The van der Waals surface area contributed by atoms with E-state index >= 15 is 0 Å². The summed E-state index contributed by atoms with van der Waals surface area (Å²) in [5, 5.41) is 13.0. The third-order valence-corrected chi connectivity index (χ3v) is 2.56. The molecule has 0 saturated carbocycles. The van der Waals surface area contributed by atoms with Crippen molar-refractivity contribution in [2.75, 3.05) is 0 Å². The molecule has 1 N–H and O–H groups in total. The number of pyridine rings is 1. The van der Waals surface area contributed by atoms with Gasteiger partial charge in [-0.15, -0.1) is 0 Å². The second-order valence-corrected chi connectivity index (χ2v) is 3.68. The first-order valence-electron chi connectivity index (χ1n) is 5.24. The molecule has 18 heavy (non-hydrogen) atoms. The van der Waals surface area contributed by atoms with Gasteiger partial charge < -0.3 is 5.11 Å². The lowest BCUT2D eigenvalue weighted by molar-refractivity contribution is 0.0699. The van der Waals surface area contributed by atoms with Crippen molar-refractivity contribution >= 4 is 11.5 Å². The first-order valence-corrected chi connectivity index (χ1v) is 5.24. The van der Waals surface area contributed by atoms with Crippen LogP contribution in [0.1, 0.15) is 10.4 Å². The molecule has 0 fully saturated rings. The van der Waals surface area contributed by atoms with Crippen LogP contribution in [-0.2, 0) is 0 Å². The SMILES string of the molecule is O=C(O)c1cnn2cc(-c3ccccn3)ncc12. The smallest absolute Gasteiger partial charge is 0.339 e. The van der Waals surface area contributed by atoms with E-state index in [1.165, 1.54) is 16.9 Å². The number of rotatable bonds is 2. The monoisotopic (exact) mass is 240 g/mol. The summed E-state index contributed by atoms with van der Waals surface area (Å²) in [6, 6.07) is 5.51. The van der Waals surface area contributed by atoms with Gasteiger partial charge in [-0.05, 0) is 12.1 Å². The molecule has 0 radical (unpaired) electrons. The highest BCUT2D eigenvalue weighted by molar-refractivity contribution is 5.95. The van der Waals surface area contributed by atoms with Gasteiger partial charge in [-0.3, -0.25) is 9.97 Å². The number of aromatic carboxylic acids is 1. The van der Waals surface area contributed by atoms with Gasteiger partial charge in [-0.2, -0.15) is 5.10 Å². The Kier molecular flexibility index (Phi) is 2.26. The predicted molar refractivity (Wildman–Crippen MR) is 63.2 cm³/mol. The van der Waals surface area contributed by atoms with E-state index in [0.29, 0.717) is 16.9 Å². The molecular weight excluding hydrogens is 232 g/mol. The van der Waals surface area contributed by atoms with E-state index in [1.54, 1.807) is 12.4 Å². The molecule has 3 heterocycles. The lowest BCUT2D eigenvalue weighted by atomic mass is 10.2. The Morgan fingerprint density at radius 3 is 2.78 bits per heavy atom. The highest BCUT2D eigenvalue weighted by atomic mass is 16.4. The minimum Gasteiger partial charge on any atom is -0.478 e. The molecule has 6 nitrogen and oxygen atoms in total. The van der Waals surface area contributed by atoms with Gasteiger partial charge in [0.15, 0.2) is 0 Å². The fourth-order valence-electron chi connectivity index (χ4n) is 1.69. The van der Waals surface area contributed by atoms with Gasteiger partial charge in [0.25, 0.3) is 0 Å². The molecule has 0 unspecified atom stereocenters. The number of carboxylic acid groups (broad SMARTS) is 1. The Morgan fingerprint density at radius 2 is 2.06 bits per heavy atom. The van der Waals surface area contributed by atoms with Gasteiger partial charge in [0.2, 0.25) is 0 Å². The standard InChI is InChI=1S/C12H8N4O2/c17-12(18)8-5-15-16-7-10(14-6-11(8)16)9-3-1-2-4-13-9/h1-7H,(H,17,18). The molecular formula is C12H8N4O2. The number of fused-ring (bicyclic) bond motifs is 1. The van der Waals surface area contributed by atoms with Gasteiger partial charge in [0.05, 0.1) is 29.8 Å². The zero-order chi connectivity index (χ0) is 12.5. The predicted octanol–water partition coefficient (Wildman–Crippen LogP) is 1.49. The maximum Gasteiger partial charge on any atom is 0.339 e. The molecule has 3 aromatic rings. The van der Waals surface area contributed by atoms with Crippen molar-refractivity contribution in [3.8, 4) is 11.4 Å². The molecule has 6 heteroatoms. The van der Waals surface area contributed by atoms with Crippen LogP contribution in [0.5, 0.6) is 0 Å². The summed E-state index contributed by atoms with van der Waals surface area (Å²) in [4.78, 5) is 19.3. The van der Waals surface area contributed by atoms with Crippen LogP contribution in [0, 0.1) is 0 Å². The zero-order valence-corrected chi connectivity index (χ0v) is 9.19. The Hall–Kier alpha value is -2.76. The summed E-state index contributed by atoms with van der Waals surface area (Å²) in [5.41, 5.74) is 1.95. The summed E-state index contributed by atoms with van der Waals surface area (Å²) >= 11 is 0. The van der Waals surface area contributed by atoms with E-state index in [2.05, 4.69) is 15.1 Å². The quantitative estimate of drug-likeness (QED) is 0.734. The lowest BCUT2D eigenvalue weighted by Crippen LogP contribution is -1.97. The first kappa shape index (κ1) is 10.4. The van der Waals surface area contributed by atoms with E-state index in [9.17, 15) is 4.79 Å². The highest BCUT2D eigenvalue weighted by Crippen LogP contribution is 2.16. The number of hydrogen-bond donors (Lipinski definition) is 1. The molecule has 0 aliphatic rings. The molecule has 0 atom stereocenters. The largest absolute Gasteiger partial charge is 0.478 e. The molecule has 0 aromatic carbocycles. The molecule has 0 aliphatic heterocycles. The highest BCUT2D eigenvalue weighted by Gasteiger charge is 2.12. The second-order valence-electron chi connectivity index (χ2n) is 3.68. The second kappa shape index (κ2) is 3.92. The van der Waals surface area contributed by atoms with Crippen molar-refractivity contribution in [3.05, 3.63) is 48.5 Å². The van der Waals surface area contributed by atoms with Crippen molar-refractivity contribution in [1.29, 1.82) is 0 Å². The number of carboxylic acids is 1. The number of nitrogens with zero attached hydrogens (tertiary/aromatic N) is 4. The summed E-state index contributed by atoms with van der Waals surface area (Å²) in [6.07, 6.45) is 6.12. The van der Waals surface area contributed by atoms with Gasteiger partial charge in [-0.1, -0.05) is 6.07 Å². The Morgan fingerprint density at radius 1 is 1.17 bits per heavy atom. The van der Waals surface area contributed by atoms with Gasteiger partial charge in [-0.25, -0.2) is 9.31 Å². The van der Waals surface area contributed by atoms with Crippen molar-refractivity contribution in [3.63, 3.8) is 0 Å². The van der Waals surface area contributed by atoms with Crippen molar-refractivity contribution in [1.82, 2.24) is 19.6 Å².